The summed E-state index contributed by atoms with van der Waals surface area (Å²) in [5.74, 6) is 0.00289. The molecule has 0 N–H and O–H groups in total. The van der Waals surface area contributed by atoms with Crippen molar-refractivity contribution in [2.45, 2.75) is 37.9 Å². The van der Waals surface area contributed by atoms with E-state index < -0.39 is 0 Å². The molecule has 0 spiro atoms. The van der Waals surface area contributed by atoms with E-state index >= 15 is 0 Å². The molecule has 0 aromatic carbocycles. The van der Waals surface area contributed by atoms with Gasteiger partial charge >= 0.3 is 5.97 Å². The average molecular weight is 170 g/mol. The van der Waals surface area contributed by atoms with Gasteiger partial charge in [0.1, 0.15) is 0 Å². The van der Waals surface area contributed by atoms with E-state index in [1.807, 2.05) is 0 Å². The predicted octanol–water partition coefficient (Wildman–Crippen LogP) is 1.12. The van der Waals surface area contributed by atoms with Crippen molar-refractivity contribution in [1.29, 1.82) is 0 Å². The van der Waals surface area contributed by atoms with Gasteiger partial charge in [-0.1, -0.05) is 0 Å². The van der Waals surface area contributed by atoms with Crippen molar-refractivity contribution in [1.82, 2.24) is 0 Å². The van der Waals surface area contributed by atoms with Crippen LogP contribution in [0.2, 0.25) is 0 Å². The van der Waals surface area contributed by atoms with Crippen LogP contribution in [0.3, 0.4) is 0 Å². The Kier molecular flexibility index (Phi) is 1.65. The molecule has 12 heavy (non-hydrogen) atoms. The van der Waals surface area contributed by atoms with Crippen LogP contribution < -0.4 is 0 Å². The van der Waals surface area contributed by atoms with Crippen LogP contribution in [0, 0.1) is 5.92 Å². The van der Waals surface area contributed by atoms with Gasteiger partial charge in [-0.15, -0.1) is 0 Å². The maximum atomic E-state index is 11.2. The van der Waals surface area contributed by atoms with Crippen LogP contribution in [0.1, 0.15) is 26.2 Å². The van der Waals surface area contributed by atoms with Crippen LogP contribution >= 0.6 is 0 Å². The Bertz CT molecular complexity index is 214. The summed E-state index contributed by atoms with van der Waals surface area (Å²) in [5, 5.41) is 0. The number of carbonyl (C=O) groups is 1. The Morgan fingerprint density at radius 3 is 3.00 bits per heavy atom. The Morgan fingerprint density at radius 2 is 2.42 bits per heavy atom. The highest BCUT2D eigenvalue weighted by Crippen LogP contribution is 2.49. The summed E-state index contributed by atoms with van der Waals surface area (Å²) < 4.78 is 10.2. The second-order valence-corrected chi connectivity index (χ2v) is 3.91. The molecule has 1 aliphatic carbocycles. The minimum Gasteiger partial charge on any atom is -0.469 e. The van der Waals surface area contributed by atoms with Gasteiger partial charge in [0, 0.05) is 0 Å². The number of ether oxygens (including phenoxy) is 2. The molecule has 3 atom stereocenters. The zero-order chi connectivity index (χ0) is 8.77. The summed E-state index contributed by atoms with van der Waals surface area (Å²) in [6.45, 7) is 2.12. The van der Waals surface area contributed by atoms with Crippen LogP contribution in [0.15, 0.2) is 0 Å². The number of rotatable bonds is 1. The minimum absolute atomic E-state index is 0.0763. The highest BCUT2D eigenvalue weighted by Gasteiger charge is 2.56. The van der Waals surface area contributed by atoms with E-state index in [-0.39, 0.29) is 17.5 Å². The average Bonchev–Trinajstić information content (AvgIpc) is 2.73. The highest BCUT2D eigenvalue weighted by molar-refractivity contribution is 5.72. The van der Waals surface area contributed by atoms with Crippen LogP contribution in [-0.4, -0.2) is 24.8 Å². The number of methoxy groups -OCH3 is 1. The molecule has 0 aromatic rings. The van der Waals surface area contributed by atoms with Gasteiger partial charge in [0.15, 0.2) is 0 Å². The molecule has 1 saturated carbocycles. The van der Waals surface area contributed by atoms with Gasteiger partial charge in [0.05, 0.1) is 24.7 Å². The highest BCUT2D eigenvalue weighted by atomic mass is 16.6. The third-order valence-electron chi connectivity index (χ3n) is 3.06. The molecule has 2 fully saturated rings. The van der Waals surface area contributed by atoms with Gasteiger partial charge in [-0.2, -0.15) is 0 Å². The van der Waals surface area contributed by atoms with E-state index in [0.717, 1.165) is 19.3 Å². The van der Waals surface area contributed by atoms with E-state index in [1.54, 1.807) is 0 Å². The quantitative estimate of drug-likeness (QED) is 0.437. The summed E-state index contributed by atoms with van der Waals surface area (Å²) in [7, 11) is 1.45. The topological polar surface area (TPSA) is 38.8 Å². The Morgan fingerprint density at radius 1 is 1.67 bits per heavy atom. The summed E-state index contributed by atoms with van der Waals surface area (Å²) >= 11 is 0. The Balaban J connectivity index is 1.93. The molecule has 0 bridgehead atoms. The monoisotopic (exact) mass is 170 g/mol. The normalized spacial score (nSPS) is 44.8. The van der Waals surface area contributed by atoms with Crippen LogP contribution in [-0.2, 0) is 14.3 Å². The number of esters is 1. The lowest BCUT2D eigenvalue weighted by Crippen LogP contribution is -2.27. The summed E-state index contributed by atoms with van der Waals surface area (Å²) in [4.78, 5) is 11.2. The van der Waals surface area contributed by atoms with E-state index in [0.29, 0.717) is 6.10 Å². The SMILES string of the molecule is COC(=O)C1CCC2(C)OC2C1. The smallest absolute Gasteiger partial charge is 0.308 e. The van der Waals surface area contributed by atoms with Crippen LogP contribution in [0.4, 0.5) is 0 Å². The lowest BCUT2D eigenvalue weighted by atomic mass is 9.83. The molecule has 3 nitrogen and oxygen atoms in total. The number of epoxide rings is 1. The fourth-order valence-electron chi connectivity index (χ4n) is 2.03. The molecule has 0 radical (unpaired) electrons. The molecule has 3 unspecified atom stereocenters. The zero-order valence-electron chi connectivity index (χ0n) is 7.50. The lowest BCUT2D eigenvalue weighted by molar-refractivity contribution is -0.146. The van der Waals surface area contributed by atoms with Crippen molar-refractivity contribution in [3.05, 3.63) is 0 Å². The molecule has 1 saturated heterocycles. The molecule has 0 aromatic heterocycles. The fourth-order valence-corrected chi connectivity index (χ4v) is 2.03. The first-order chi connectivity index (χ1) is 5.65. The molecule has 2 rings (SSSR count). The van der Waals surface area contributed by atoms with Crippen molar-refractivity contribution in [2.24, 2.45) is 5.92 Å². The first kappa shape index (κ1) is 8.05. The van der Waals surface area contributed by atoms with Crippen molar-refractivity contribution < 1.29 is 14.3 Å². The molecule has 1 aliphatic heterocycles. The maximum absolute atomic E-state index is 11.2. The maximum Gasteiger partial charge on any atom is 0.308 e. The van der Waals surface area contributed by atoms with Crippen LogP contribution in [0.5, 0.6) is 0 Å². The molecule has 2 aliphatic rings. The second kappa shape index (κ2) is 2.46. The third kappa shape index (κ3) is 1.12. The molecule has 68 valence electrons. The van der Waals surface area contributed by atoms with E-state index in [2.05, 4.69) is 6.92 Å². The Hall–Kier alpha value is -0.570. The van der Waals surface area contributed by atoms with Crippen molar-refractivity contribution >= 4 is 5.97 Å². The van der Waals surface area contributed by atoms with E-state index in [9.17, 15) is 4.79 Å². The van der Waals surface area contributed by atoms with Crippen molar-refractivity contribution in [3.63, 3.8) is 0 Å². The Labute approximate surface area is 72.0 Å². The molecule has 1 heterocycles. The largest absolute Gasteiger partial charge is 0.469 e. The van der Waals surface area contributed by atoms with E-state index in [4.69, 9.17) is 9.47 Å². The zero-order valence-corrected chi connectivity index (χ0v) is 7.50. The number of carbonyl (C=O) groups excluding carboxylic acids is 1. The van der Waals surface area contributed by atoms with Gasteiger partial charge in [-0.25, -0.2) is 0 Å². The van der Waals surface area contributed by atoms with Crippen LogP contribution in [0.25, 0.3) is 0 Å². The fraction of sp³-hybridized carbons (Fsp3) is 0.889. The first-order valence-corrected chi connectivity index (χ1v) is 4.41. The lowest BCUT2D eigenvalue weighted by Gasteiger charge is -2.19. The van der Waals surface area contributed by atoms with Gasteiger partial charge in [0.25, 0.3) is 0 Å². The molecular weight excluding hydrogens is 156 g/mol. The van der Waals surface area contributed by atoms with Gasteiger partial charge in [0.2, 0.25) is 0 Å². The van der Waals surface area contributed by atoms with Gasteiger partial charge in [-0.05, 0) is 26.2 Å². The van der Waals surface area contributed by atoms with Gasteiger partial charge < -0.3 is 9.47 Å². The summed E-state index contributed by atoms with van der Waals surface area (Å²) in [6, 6.07) is 0. The standard InChI is InChI=1S/C9H14O3/c1-9-4-3-6(8(10)11-2)5-7(9)12-9/h6-7H,3-5H2,1-2H3. The third-order valence-corrected chi connectivity index (χ3v) is 3.06. The van der Waals surface area contributed by atoms with Crippen molar-refractivity contribution in [2.75, 3.05) is 7.11 Å². The summed E-state index contributed by atoms with van der Waals surface area (Å²) in [5.41, 5.74) is 0.102. The van der Waals surface area contributed by atoms with E-state index in [1.165, 1.54) is 7.11 Å². The summed E-state index contributed by atoms with van der Waals surface area (Å²) in [6.07, 6.45) is 3.08. The van der Waals surface area contributed by atoms with Crippen molar-refractivity contribution in [3.8, 4) is 0 Å². The number of hydrogen-bond acceptors (Lipinski definition) is 3. The number of hydrogen-bond donors (Lipinski definition) is 0. The number of fused-ring (bicyclic) bond motifs is 1. The second-order valence-electron chi connectivity index (χ2n) is 3.91. The molecule has 0 amide bonds. The predicted molar refractivity (Wildman–Crippen MR) is 42.6 cm³/mol. The first-order valence-electron chi connectivity index (χ1n) is 4.41. The minimum atomic E-state index is -0.0763. The molecular formula is C9H14O3. The molecule has 3 heteroatoms. The van der Waals surface area contributed by atoms with Gasteiger partial charge in [-0.3, -0.25) is 4.79 Å².